The van der Waals surface area contributed by atoms with Crippen LogP contribution in [0.1, 0.15) is 43.9 Å². The first-order chi connectivity index (χ1) is 12.5. The minimum Gasteiger partial charge on any atom is -0.378 e. The maximum Gasteiger partial charge on any atom is 0.227 e. The number of carbonyl (C=O) groups is 1. The molecule has 1 aromatic rings. The molecule has 26 heavy (non-hydrogen) atoms. The summed E-state index contributed by atoms with van der Waals surface area (Å²) in [6.45, 7) is 4.80. The topological polar surface area (TPSA) is 61.8 Å². The highest BCUT2D eigenvalue weighted by atomic mass is 16.5. The van der Waals surface area contributed by atoms with Crippen molar-refractivity contribution in [1.82, 2.24) is 14.9 Å². The number of aromatic nitrogens is 2. The fourth-order valence-corrected chi connectivity index (χ4v) is 3.72. The Labute approximate surface area is 156 Å². The van der Waals surface area contributed by atoms with Gasteiger partial charge in [-0.2, -0.15) is 4.98 Å². The van der Waals surface area contributed by atoms with Crippen LogP contribution in [0.2, 0.25) is 0 Å². The number of anilines is 2. The Balaban J connectivity index is 1.75. The van der Waals surface area contributed by atoms with Gasteiger partial charge in [0.15, 0.2) is 0 Å². The molecule has 0 radical (unpaired) electrons. The summed E-state index contributed by atoms with van der Waals surface area (Å²) in [5, 5.41) is 0. The lowest BCUT2D eigenvalue weighted by atomic mass is 10.0. The molecule has 0 saturated carbocycles. The zero-order chi connectivity index (χ0) is 18.7. The lowest BCUT2D eigenvalue weighted by Gasteiger charge is -2.31. The van der Waals surface area contributed by atoms with Crippen molar-refractivity contribution in [2.75, 3.05) is 50.6 Å². The second-order valence-corrected chi connectivity index (χ2v) is 7.56. The highest BCUT2D eigenvalue weighted by Crippen LogP contribution is 2.28. The third-order valence-electron chi connectivity index (χ3n) is 5.28. The predicted molar refractivity (Wildman–Crippen MR) is 103 cm³/mol. The quantitative estimate of drug-likeness (QED) is 0.771. The van der Waals surface area contributed by atoms with Crippen molar-refractivity contribution in [3.8, 4) is 0 Å². The van der Waals surface area contributed by atoms with Gasteiger partial charge in [-0.1, -0.05) is 0 Å². The van der Waals surface area contributed by atoms with Crippen molar-refractivity contribution in [2.45, 2.75) is 51.7 Å². The summed E-state index contributed by atoms with van der Waals surface area (Å²) in [4.78, 5) is 27.3. The second-order valence-electron chi connectivity index (χ2n) is 7.56. The molecule has 1 fully saturated rings. The van der Waals surface area contributed by atoms with Gasteiger partial charge in [0, 0.05) is 53.3 Å². The third-order valence-corrected chi connectivity index (χ3v) is 5.28. The van der Waals surface area contributed by atoms with Crippen LogP contribution in [-0.4, -0.2) is 67.7 Å². The number of hydrogen-bond acceptors (Lipinski definition) is 6. The van der Waals surface area contributed by atoms with Crippen LogP contribution in [-0.2, 0) is 22.5 Å². The van der Waals surface area contributed by atoms with Gasteiger partial charge in [0.05, 0.1) is 18.3 Å². The maximum absolute atomic E-state index is 11.8. The molecule has 1 saturated heterocycles. The molecule has 1 amide bonds. The average molecular weight is 361 g/mol. The summed E-state index contributed by atoms with van der Waals surface area (Å²) in [6.07, 6.45) is 5.84. The molecular formula is C19H31N5O2. The largest absolute Gasteiger partial charge is 0.378 e. The molecule has 0 aliphatic carbocycles. The predicted octanol–water partition coefficient (Wildman–Crippen LogP) is 1.84. The normalized spacial score (nSPS) is 19.4. The molecule has 0 unspecified atom stereocenters. The van der Waals surface area contributed by atoms with Crippen LogP contribution in [0.15, 0.2) is 0 Å². The van der Waals surface area contributed by atoms with E-state index in [1.165, 1.54) is 18.4 Å². The lowest BCUT2D eigenvalue weighted by molar-refractivity contribution is -0.129. The van der Waals surface area contributed by atoms with Crippen molar-refractivity contribution >= 4 is 17.7 Å². The van der Waals surface area contributed by atoms with E-state index in [0.29, 0.717) is 18.6 Å². The van der Waals surface area contributed by atoms with Gasteiger partial charge in [0.25, 0.3) is 0 Å². The van der Waals surface area contributed by atoms with Crippen molar-refractivity contribution in [3.05, 3.63) is 11.3 Å². The van der Waals surface area contributed by atoms with Gasteiger partial charge >= 0.3 is 0 Å². The first-order valence-electron chi connectivity index (χ1n) is 9.61. The SMILES string of the molecule is CC(=O)N1CCc2c(nc(N(C)C)nc2N(C)CCC[C@H]2CCCO2)C1. The van der Waals surface area contributed by atoms with Gasteiger partial charge in [-0.05, 0) is 32.1 Å². The number of carbonyl (C=O) groups excluding carboxylic acids is 1. The van der Waals surface area contributed by atoms with Crippen molar-refractivity contribution in [2.24, 2.45) is 0 Å². The maximum atomic E-state index is 11.8. The molecule has 0 N–H and O–H groups in total. The summed E-state index contributed by atoms with van der Waals surface area (Å²) >= 11 is 0. The standard InChI is InChI=1S/C19H31N5O2/c1-14(25)24-11-9-16-17(13-24)20-19(22(2)3)21-18(16)23(4)10-5-7-15-8-6-12-26-15/h15H,5-13H2,1-4H3/t15-/m0/s1. The molecule has 7 heteroatoms. The number of rotatable bonds is 6. The Morgan fingerprint density at radius 3 is 2.77 bits per heavy atom. The fraction of sp³-hybridized carbons (Fsp3) is 0.737. The van der Waals surface area contributed by atoms with Crippen LogP contribution in [0.4, 0.5) is 11.8 Å². The molecule has 7 nitrogen and oxygen atoms in total. The van der Waals surface area contributed by atoms with E-state index in [-0.39, 0.29) is 5.91 Å². The van der Waals surface area contributed by atoms with Crippen LogP contribution in [0.25, 0.3) is 0 Å². The molecule has 3 rings (SSSR count). The summed E-state index contributed by atoms with van der Waals surface area (Å²) < 4.78 is 5.73. The van der Waals surface area contributed by atoms with E-state index < -0.39 is 0 Å². The minimum absolute atomic E-state index is 0.104. The fourth-order valence-electron chi connectivity index (χ4n) is 3.72. The molecule has 0 aromatic carbocycles. The van der Waals surface area contributed by atoms with Gasteiger partial charge in [-0.15, -0.1) is 0 Å². The Hall–Kier alpha value is -1.89. The monoisotopic (exact) mass is 361 g/mol. The van der Waals surface area contributed by atoms with Crippen LogP contribution in [0.3, 0.4) is 0 Å². The molecule has 0 bridgehead atoms. The molecule has 2 aliphatic heterocycles. The van der Waals surface area contributed by atoms with E-state index >= 15 is 0 Å². The number of amides is 1. The highest BCUT2D eigenvalue weighted by molar-refractivity contribution is 5.73. The van der Waals surface area contributed by atoms with E-state index in [0.717, 1.165) is 50.5 Å². The first kappa shape index (κ1) is 18.9. The van der Waals surface area contributed by atoms with Crippen LogP contribution >= 0.6 is 0 Å². The Morgan fingerprint density at radius 2 is 2.12 bits per heavy atom. The van der Waals surface area contributed by atoms with Gasteiger partial charge in [-0.3, -0.25) is 4.79 Å². The van der Waals surface area contributed by atoms with E-state index in [2.05, 4.69) is 11.9 Å². The molecule has 3 heterocycles. The number of fused-ring (bicyclic) bond motifs is 1. The van der Waals surface area contributed by atoms with Crippen molar-refractivity contribution < 1.29 is 9.53 Å². The van der Waals surface area contributed by atoms with Crippen LogP contribution in [0, 0.1) is 0 Å². The molecule has 1 aromatic heterocycles. The summed E-state index contributed by atoms with van der Waals surface area (Å²) in [6, 6.07) is 0. The summed E-state index contributed by atoms with van der Waals surface area (Å²) in [5.74, 6) is 1.82. The summed E-state index contributed by atoms with van der Waals surface area (Å²) in [5.41, 5.74) is 2.17. The van der Waals surface area contributed by atoms with Gasteiger partial charge in [0.1, 0.15) is 5.82 Å². The molecular weight excluding hydrogens is 330 g/mol. The van der Waals surface area contributed by atoms with E-state index in [1.54, 1.807) is 6.92 Å². The van der Waals surface area contributed by atoms with E-state index in [9.17, 15) is 4.79 Å². The zero-order valence-electron chi connectivity index (χ0n) is 16.5. The Kier molecular flexibility index (Phi) is 5.96. The second kappa shape index (κ2) is 8.20. The molecule has 2 aliphatic rings. The first-order valence-corrected chi connectivity index (χ1v) is 9.61. The van der Waals surface area contributed by atoms with Gasteiger partial charge < -0.3 is 19.4 Å². The third kappa shape index (κ3) is 4.26. The van der Waals surface area contributed by atoms with E-state index in [4.69, 9.17) is 14.7 Å². The highest BCUT2D eigenvalue weighted by Gasteiger charge is 2.25. The Morgan fingerprint density at radius 1 is 1.31 bits per heavy atom. The molecule has 1 atom stereocenters. The van der Waals surface area contributed by atoms with Crippen molar-refractivity contribution in [3.63, 3.8) is 0 Å². The lowest BCUT2D eigenvalue weighted by Crippen LogP contribution is -2.36. The van der Waals surface area contributed by atoms with Crippen molar-refractivity contribution in [1.29, 1.82) is 0 Å². The molecule has 144 valence electrons. The average Bonchev–Trinajstić information content (AvgIpc) is 3.13. The number of ether oxygens (including phenoxy) is 1. The smallest absolute Gasteiger partial charge is 0.227 e. The van der Waals surface area contributed by atoms with Gasteiger partial charge in [-0.25, -0.2) is 4.98 Å². The Bertz CT molecular complexity index is 643. The summed E-state index contributed by atoms with van der Waals surface area (Å²) in [7, 11) is 6.01. The van der Waals surface area contributed by atoms with Gasteiger partial charge in [0.2, 0.25) is 11.9 Å². The van der Waals surface area contributed by atoms with Crippen LogP contribution < -0.4 is 9.80 Å². The molecule has 0 spiro atoms. The van der Waals surface area contributed by atoms with Crippen LogP contribution in [0.5, 0.6) is 0 Å². The number of hydrogen-bond donors (Lipinski definition) is 0. The van der Waals surface area contributed by atoms with E-state index in [1.807, 2.05) is 23.9 Å². The number of nitrogens with zero attached hydrogens (tertiary/aromatic N) is 5. The minimum atomic E-state index is 0.104. The zero-order valence-corrected chi connectivity index (χ0v) is 16.5.